The maximum atomic E-state index is 12.3. The third kappa shape index (κ3) is 4.45. The van der Waals surface area contributed by atoms with Crippen LogP contribution in [0.3, 0.4) is 0 Å². The Bertz CT molecular complexity index is 579. The van der Waals surface area contributed by atoms with Gasteiger partial charge in [0.25, 0.3) is 0 Å². The molecule has 1 atom stereocenters. The van der Waals surface area contributed by atoms with Crippen molar-refractivity contribution in [3.63, 3.8) is 0 Å². The number of benzene rings is 1. The van der Waals surface area contributed by atoms with E-state index in [4.69, 9.17) is 14.2 Å². The molecule has 1 unspecified atom stereocenters. The second-order valence-electron chi connectivity index (χ2n) is 6.50. The normalized spacial score (nSPS) is 17.4. The Labute approximate surface area is 136 Å². The van der Waals surface area contributed by atoms with Crippen molar-refractivity contribution in [3.05, 3.63) is 29.3 Å². The van der Waals surface area contributed by atoms with Crippen molar-refractivity contribution in [3.8, 4) is 5.75 Å². The quantitative estimate of drug-likeness (QED) is 0.630. The molecular formula is C17H23NO5. The summed E-state index contributed by atoms with van der Waals surface area (Å²) in [7, 11) is 1.55. The molecule has 2 rings (SSSR count). The van der Waals surface area contributed by atoms with Crippen LogP contribution in [0.2, 0.25) is 0 Å². The summed E-state index contributed by atoms with van der Waals surface area (Å²) < 4.78 is 15.7. The van der Waals surface area contributed by atoms with E-state index in [2.05, 4.69) is 0 Å². The Morgan fingerprint density at radius 2 is 2.09 bits per heavy atom. The number of methoxy groups -OCH3 is 1. The molecule has 1 aliphatic rings. The number of hydrogen-bond acceptors (Lipinski definition) is 5. The number of aldehydes is 1. The number of nitrogens with zero attached hydrogens (tertiary/aromatic N) is 1. The average molecular weight is 321 g/mol. The third-order valence-electron chi connectivity index (χ3n) is 3.48. The van der Waals surface area contributed by atoms with Gasteiger partial charge in [-0.25, -0.2) is 4.79 Å². The van der Waals surface area contributed by atoms with Crippen molar-refractivity contribution in [1.29, 1.82) is 0 Å². The molecule has 1 aromatic rings. The molecule has 0 fully saturated rings. The van der Waals surface area contributed by atoms with Crippen LogP contribution >= 0.6 is 0 Å². The monoisotopic (exact) mass is 321 g/mol. The fraction of sp³-hybridized carbons (Fsp3) is 0.529. The first-order chi connectivity index (χ1) is 10.8. The number of rotatable bonds is 4. The van der Waals surface area contributed by atoms with Gasteiger partial charge in [0.2, 0.25) is 0 Å². The summed E-state index contributed by atoms with van der Waals surface area (Å²) in [5.41, 5.74) is 1.38. The third-order valence-corrected chi connectivity index (χ3v) is 3.48. The number of carbonyl (C=O) groups is 2. The van der Waals surface area contributed by atoms with Gasteiger partial charge in [0.1, 0.15) is 17.6 Å². The maximum absolute atomic E-state index is 12.3. The highest BCUT2D eigenvalue weighted by molar-refractivity contribution is 5.75. The van der Waals surface area contributed by atoms with Crippen LogP contribution < -0.4 is 4.74 Å². The minimum absolute atomic E-state index is 0.158. The van der Waals surface area contributed by atoms with Crippen LogP contribution in [0.4, 0.5) is 4.79 Å². The lowest BCUT2D eigenvalue weighted by Crippen LogP contribution is -2.47. The first-order valence-electron chi connectivity index (χ1n) is 7.52. The molecule has 0 spiro atoms. The van der Waals surface area contributed by atoms with Gasteiger partial charge in [0.05, 0.1) is 12.6 Å². The van der Waals surface area contributed by atoms with Crippen LogP contribution in [0.5, 0.6) is 5.75 Å². The van der Waals surface area contributed by atoms with Gasteiger partial charge in [-0.3, -0.25) is 4.90 Å². The van der Waals surface area contributed by atoms with Gasteiger partial charge >= 0.3 is 6.09 Å². The maximum Gasteiger partial charge on any atom is 0.411 e. The number of carbonyl (C=O) groups excluding carboxylic acids is 2. The lowest BCUT2D eigenvalue weighted by Gasteiger charge is -2.35. The molecular weight excluding hydrogens is 298 g/mol. The van der Waals surface area contributed by atoms with Gasteiger partial charge in [0.15, 0.2) is 6.79 Å². The standard InChI is InChI=1S/C17H23NO5/c1-17(2,3)23-16(20)18-9-13-8-15(22-11-21-4)6-5-12(13)7-14(18)10-19/h5-6,8,10,14H,7,9,11H2,1-4H3. The van der Waals surface area contributed by atoms with E-state index < -0.39 is 17.7 Å². The van der Waals surface area contributed by atoms with Gasteiger partial charge in [-0.15, -0.1) is 0 Å². The first kappa shape index (κ1) is 17.3. The Morgan fingerprint density at radius 3 is 2.70 bits per heavy atom. The van der Waals surface area contributed by atoms with E-state index in [0.29, 0.717) is 18.7 Å². The van der Waals surface area contributed by atoms with Crippen molar-refractivity contribution >= 4 is 12.4 Å². The summed E-state index contributed by atoms with van der Waals surface area (Å²) in [4.78, 5) is 25.2. The lowest BCUT2D eigenvalue weighted by molar-refractivity contribution is -0.113. The Kier molecular flexibility index (Phi) is 5.26. The zero-order valence-electron chi connectivity index (χ0n) is 14.0. The van der Waals surface area contributed by atoms with E-state index in [1.54, 1.807) is 27.9 Å². The minimum atomic E-state index is -0.603. The molecule has 1 aromatic carbocycles. The first-order valence-corrected chi connectivity index (χ1v) is 7.52. The van der Waals surface area contributed by atoms with Crippen LogP contribution in [-0.2, 0) is 27.2 Å². The molecule has 0 aliphatic carbocycles. The lowest BCUT2D eigenvalue weighted by atomic mass is 9.94. The van der Waals surface area contributed by atoms with Gasteiger partial charge < -0.3 is 19.0 Å². The molecule has 0 radical (unpaired) electrons. The number of fused-ring (bicyclic) bond motifs is 1. The molecule has 0 saturated carbocycles. The minimum Gasteiger partial charge on any atom is -0.468 e. The van der Waals surface area contributed by atoms with Crippen molar-refractivity contribution in [2.24, 2.45) is 0 Å². The summed E-state index contributed by atoms with van der Waals surface area (Å²) in [6.45, 7) is 5.88. The summed E-state index contributed by atoms with van der Waals surface area (Å²) >= 11 is 0. The van der Waals surface area contributed by atoms with Crippen LogP contribution in [0.1, 0.15) is 31.9 Å². The highest BCUT2D eigenvalue weighted by Crippen LogP contribution is 2.27. The highest BCUT2D eigenvalue weighted by Gasteiger charge is 2.32. The largest absolute Gasteiger partial charge is 0.468 e. The van der Waals surface area contributed by atoms with Gasteiger partial charge in [-0.1, -0.05) is 6.07 Å². The van der Waals surface area contributed by atoms with Gasteiger partial charge in [0, 0.05) is 13.5 Å². The zero-order chi connectivity index (χ0) is 17.0. The molecule has 0 N–H and O–H groups in total. The van der Waals surface area contributed by atoms with E-state index in [9.17, 15) is 9.59 Å². The SMILES string of the molecule is COCOc1ccc2c(c1)CN(C(=O)OC(C)(C)C)C(C=O)C2. The Balaban J connectivity index is 2.20. The second-order valence-corrected chi connectivity index (χ2v) is 6.50. The van der Waals surface area contributed by atoms with E-state index >= 15 is 0 Å². The molecule has 1 amide bonds. The summed E-state index contributed by atoms with van der Waals surface area (Å²) in [5.74, 6) is 0.666. The molecule has 6 heteroatoms. The van der Waals surface area contributed by atoms with Gasteiger partial charge in [-0.2, -0.15) is 0 Å². The molecule has 23 heavy (non-hydrogen) atoms. The van der Waals surface area contributed by atoms with Crippen molar-refractivity contribution in [2.75, 3.05) is 13.9 Å². The second kappa shape index (κ2) is 7.00. The Morgan fingerprint density at radius 1 is 1.35 bits per heavy atom. The summed E-state index contributed by atoms with van der Waals surface area (Å²) in [6.07, 6.45) is 0.786. The predicted molar refractivity (Wildman–Crippen MR) is 84.3 cm³/mol. The highest BCUT2D eigenvalue weighted by atomic mass is 16.7. The number of ether oxygens (including phenoxy) is 3. The topological polar surface area (TPSA) is 65.1 Å². The van der Waals surface area contributed by atoms with E-state index in [1.807, 2.05) is 18.2 Å². The molecule has 0 aromatic heterocycles. The number of hydrogen-bond donors (Lipinski definition) is 0. The molecule has 1 heterocycles. The fourth-order valence-electron chi connectivity index (χ4n) is 2.44. The van der Waals surface area contributed by atoms with Crippen molar-refractivity contribution in [1.82, 2.24) is 4.90 Å². The van der Waals surface area contributed by atoms with Crippen molar-refractivity contribution in [2.45, 2.75) is 45.4 Å². The van der Waals surface area contributed by atoms with E-state index in [0.717, 1.165) is 17.4 Å². The predicted octanol–water partition coefficient (Wildman–Crippen LogP) is 2.53. The molecule has 6 nitrogen and oxygen atoms in total. The molecule has 0 saturated heterocycles. The zero-order valence-corrected chi connectivity index (χ0v) is 14.0. The van der Waals surface area contributed by atoms with Crippen LogP contribution in [-0.4, -0.2) is 42.8 Å². The fourth-order valence-corrected chi connectivity index (χ4v) is 2.44. The van der Waals surface area contributed by atoms with E-state index in [1.165, 1.54) is 4.90 Å². The number of amides is 1. The van der Waals surface area contributed by atoms with Crippen LogP contribution in [0.15, 0.2) is 18.2 Å². The molecule has 0 bridgehead atoms. The summed E-state index contributed by atoms with van der Waals surface area (Å²) in [6, 6.07) is 5.11. The van der Waals surface area contributed by atoms with E-state index in [-0.39, 0.29) is 6.79 Å². The smallest absolute Gasteiger partial charge is 0.411 e. The van der Waals surface area contributed by atoms with Crippen LogP contribution in [0.25, 0.3) is 0 Å². The van der Waals surface area contributed by atoms with Crippen LogP contribution in [0, 0.1) is 0 Å². The average Bonchev–Trinajstić information content (AvgIpc) is 2.49. The molecule has 126 valence electrons. The summed E-state index contributed by atoms with van der Waals surface area (Å²) in [5, 5.41) is 0. The van der Waals surface area contributed by atoms with Gasteiger partial charge in [-0.05, 0) is 44.0 Å². The van der Waals surface area contributed by atoms with Crippen molar-refractivity contribution < 1.29 is 23.8 Å². The molecule has 1 aliphatic heterocycles. The Hall–Kier alpha value is -2.08.